The normalized spacial score (nSPS) is 11.6. The minimum absolute atomic E-state index is 0.0167. The Morgan fingerprint density at radius 1 is 1.29 bits per heavy atom. The lowest BCUT2D eigenvalue weighted by atomic mass is 10.3. The molecule has 114 valence electrons. The van der Waals surface area contributed by atoms with Crippen LogP contribution >= 0.6 is 22.9 Å². The first-order chi connectivity index (χ1) is 9.94. The molecule has 0 aliphatic carbocycles. The van der Waals surface area contributed by atoms with E-state index >= 15 is 0 Å². The summed E-state index contributed by atoms with van der Waals surface area (Å²) in [5.74, 6) is -0.712. The van der Waals surface area contributed by atoms with E-state index in [0.29, 0.717) is 6.54 Å². The summed E-state index contributed by atoms with van der Waals surface area (Å²) < 4.78 is 40.5. The van der Waals surface area contributed by atoms with Crippen molar-refractivity contribution in [2.24, 2.45) is 0 Å². The maximum Gasteiger partial charge on any atom is 0.271 e. The van der Waals surface area contributed by atoms with E-state index in [1.54, 1.807) is 6.07 Å². The van der Waals surface area contributed by atoms with Gasteiger partial charge in [0.2, 0.25) is 0 Å². The summed E-state index contributed by atoms with van der Waals surface area (Å²) in [6.45, 7) is 3.35. The SMILES string of the molecule is CCNCc1ccc(S(=O)(=O)Nc2c(F)cccc2Cl)s1. The molecule has 0 aliphatic rings. The van der Waals surface area contributed by atoms with Crippen molar-refractivity contribution in [1.29, 1.82) is 0 Å². The van der Waals surface area contributed by atoms with Crippen LogP contribution in [0.15, 0.2) is 34.5 Å². The van der Waals surface area contributed by atoms with Crippen LogP contribution in [-0.2, 0) is 16.6 Å². The van der Waals surface area contributed by atoms with Crippen LogP contribution < -0.4 is 10.0 Å². The number of sulfonamides is 1. The van der Waals surface area contributed by atoms with Gasteiger partial charge in [0.25, 0.3) is 10.0 Å². The Labute approximate surface area is 132 Å². The van der Waals surface area contributed by atoms with Crippen molar-refractivity contribution in [2.75, 3.05) is 11.3 Å². The highest BCUT2D eigenvalue weighted by molar-refractivity contribution is 7.94. The monoisotopic (exact) mass is 348 g/mol. The molecular weight excluding hydrogens is 335 g/mol. The minimum Gasteiger partial charge on any atom is -0.312 e. The summed E-state index contributed by atoms with van der Waals surface area (Å²) in [5, 5.41) is 3.13. The van der Waals surface area contributed by atoms with Gasteiger partial charge >= 0.3 is 0 Å². The highest BCUT2D eigenvalue weighted by Gasteiger charge is 2.20. The predicted octanol–water partition coefficient (Wildman–Crippen LogP) is 3.45. The summed E-state index contributed by atoms with van der Waals surface area (Å²) in [6, 6.07) is 7.21. The van der Waals surface area contributed by atoms with E-state index in [-0.39, 0.29) is 14.9 Å². The number of rotatable bonds is 6. The Balaban J connectivity index is 2.24. The zero-order valence-electron chi connectivity index (χ0n) is 11.2. The first-order valence-corrected chi connectivity index (χ1v) is 8.88. The Bertz CT molecular complexity index is 711. The van der Waals surface area contributed by atoms with Crippen molar-refractivity contribution in [3.05, 3.63) is 46.0 Å². The molecule has 0 bridgehead atoms. The van der Waals surface area contributed by atoms with Crippen LogP contribution in [0.3, 0.4) is 0 Å². The number of benzene rings is 1. The fourth-order valence-corrected chi connectivity index (χ4v) is 4.31. The fraction of sp³-hybridized carbons (Fsp3) is 0.231. The van der Waals surface area contributed by atoms with E-state index in [1.807, 2.05) is 6.92 Å². The molecule has 0 fully saturated rings. The number of nitrogens with one attached hydrogen (secondary N) is 2. The molecule has 0 amide bonds. The lowest BCUT2D eigenvalue weighted by molar-refractivity contribution is 0.600. The van der Waals surface area contributed by atoms with E-state index in [1.165, 1.54) is 18.2 Å². The van der Waals surface area contributed by atoms with Gasteiger partial charge in [-0.1, -0.05) is 24.6 Å². The van der Waals surface area contributed by atoms with Gasteiger partial charge in [-0.2, -0.15) is 0 Å². The number of hydrogen-bond acceptors (Lipinski definition) is 4. The summed E-state index contributed by atoms with van der Waals surface area (Å²) in [4.78, 5) is 0.886. The van der Waals surface area contributed by atoms with Crippen molar-refractivity contribution in [3.63, 3.8) is 0 Å². The van der Waals surface area contributed by atoms with Crippen molar-refractivity contribution in [1.82, 2.24) is 5.32 Å². The van der Waals surface area contributed by atoms with Gasteiger partial charge in [-0.15, -0.1) is 11.3 Å². The molecule has 1 aromatic heterocycles. The highest BCUT2D eigenvalue weighted by Crippen LogP contribution is 2.29. The molecule has 1 aromatic carbocycles. The third kappa shape index (κ3) is 3.94. The second-order valence-corrected chi connectivity index (χ2v) is 7.69. The average Bonchev–Trinajstić information content (AvgIpc) is 2.90. The maximum atomic E-state index is 13.7. The lowest BCUT2D eigenvalue weighted by Gasteiger charge is -2.08. The van der Waals surface area contributed by atoms with Gasteiger partial charge in [0.1, 0.15) is 15.7 Å². The van der Waals surface area contributed by atoms with Crippen LogP contribution in [0, 0.1) is 5.82 Å². The lowest BCUT2D eigenvalue weighted by Crippen LogP contribution is -2.13. The zero-order valence-corrected chi connectivity index (χ0v) is 13.6. The molecule has 0 saturated heterocycles. The highest BCUT2D eigenvalue weighted by atomic mass is 35.5. The van der Waals surface area contributed by atoms with Crippen LogP contribution in [0.2, 0.25) is 5.02 Å². The van der Waals surface area contributed by atoms with Crippen LogP contribution in [0.1, 0.15) is 11.8 Å². The largest absolute Gasteiger partial charge is 0.312 e. The van der Waals surface area contributed by atoms with Gasteiger partial charge in [0.05, 0.1) is 5.02 Å². The number of para-hydroxylation sites is 1. The smallest absolute Gasteiger partial charge is 0.271 e. The van der Waals surface area contributed by atoms with Crippen LogP contribution in [0.4, 0.5) is 10.1 Å². The van der Waals surface area contributed by atoms with Crippen molar-refractivity contribution in [3.8, 4) is 0 Å². The van der Waals surface area contributed by atoms with Gasteiger partial charge in [-0.05, 0) is 30.8 Å². The maximum absolute atomic E-state index is 13.7. The minimum atomic E-state index is -3.85. The second-order valence-electron chi connectivity index (χ2n) is 4.20. The van der Waals surface area contributed by atoms with Crippen LogP contribution in [0.25, 0.3) is 0 Å². The average molecular weight is 349 g/mol. The molecule has 0 radical (unpaired) electrons. The third-order valence-electron chi connectivity index (χ3n) is 2.65. The number of anilines is 1. The molecular formula is C13H14ClFN2O2S2. The number of halogens is 2. The molecule has 0 unspecified atom stereocenters. The topological polar surface area (TPSA) is 58.2 Å². The van der Waals surface area contributed by atoms with Crippen LogP contribution in [0.5, 0.6) is 0 Å². The third-order valence-corrected chi connectivity index (χ3v) is 5.89. The van der Waals surface area contributed by atoms with Gasteiger partial charge in [-0.25, -0.2) is 12.8 Å². The molecule has 0 atom stereocenters. The molecule has 0 spiro atoms. The van der Waals surface area contributed by atoms with Gasteiger partial charge in [-0.3, -0.25) is 4.72 Å². The Morgan fingerprint density at radius 2 is 2.05 bits per heavy atom. The first kappa shape index (κ1) is 16.2. The number of thiophene rings is 1. The fourth-order valence-electron chi connectivity index (χ4n) is 1.63. The van der Waals surface area contributed by atoms with Crippen LogP contribution in [-0.4, -0.2) is 15.0 Å². The molecule has 0 saturated carbocycles. The summed E-state index contributed by atoms with van der Waals surface area (Å²) in [6.07, 6.45) is 0. The summed E-state index contributed by atoms with van der Waals surface area (Å²) in [7, 11) is -3.85. The summed E-state index contributed by atoms with van der Waals surface area (Å²) in [5.41, 5.74) is -0.235. The Morgan fingerprint density at radius 3 is 2.71 bits per heavy atom. The van der Waals surface area contributed by atoms with Crippen molar-refractivity contribution in [2.45, 2.75) is 17.7 Å². The van der Waals surface area contributed by atoms with E-state index in [0.717, 1.165) is 28.8 Å². The van der Waals surface area contributed by atoms with E-state index in [9.17, 15) is 12.8 Å². The Hall–Kier alpha value is -1.15. The molecule has 0 aliphatic heterocycles. The van der Waals surface area contributed by atoms with Gasteiger partial charge in [0, 0.05) is 11.4 Å². The Kier molecular flexibility index (Phi) is 5.21. The molecule has 2 aromatic rings. The number of hydrogen-bond donors (Lipinski definition) is 2. The first-order valence-electron chi connectivity index (χ1n) is 6.20. The van der Waals surface area contributed by atoms with E-state index in [2.05, 4.69) is 10.0 Å². The standard InChI is InChI=1S/C13H14ClFN2O2S2/c1-2-16-8-9-6-7-12(20-9)21(18,19)17-13-10(14)4-3-5-11(13)15/h3-7,16-17H,2,8H2,1H3. The summed E-state index contributed by atoms with van der Waals surface area (Å²) >= 11 is 6.96. The van der Waals surface area contributed by atoms with Crippen molar-refractivity contribution >= 4 is 38.6 Å². The molecule has 8 heteroatoms. The van der Waals surface area contributed by atoms with Gasteiger partial charge < -0.3 is 5.32 Å². The second kappa shape index (κ2) is 6.74. The molecule has 2 rings (SSSR count). The predicted molar refractivity (Wildman–Crippen MR) is 83.9 cm³/mol. The quantitative estimate of drug-likeness (QED) is 0.840. The molecule has 1 heterocycles. The molecule has 21 heavy (non-hydrogen) atoms. The zero-order chi connectivity index (χ0) is 15.5. The molecule has 2 N–H and O–H groups in total. The van der Waals surface area contributed by atoms with Gasteiger partial charge in [0.15, 0.2) is 0 Å². The van der Waals surface area contributed by atoms with E-state index in [4.69, 9.17) is 11.6 Å². The molecule has 4 nitrogen and oxygen atoms in total. The van der Waals surface area contributed by atoms with Crippen molar-refractivity contribution < 1.29 is 12.8 Å². The van der Waals surface area contributed by atoms with E-state index < -0.39 is 15.8 Å².